The van der Waals surface area contributed by atoms with Crippen molar-refractivity contribution >= 4 is 38.9 Å². The zero-order chi connectivity index (χ0) is 23.6. The van der Waals surface area contributed by atoms with E-state index in [9.17, 15) is 0 Å². The Hall–Kier alpha value is -2.90. The normalized spacial score (nSPS) is 19.1. The molecule has 0 saturated carbocycles. The summed E-state index contributed by atoms with van der Waals surface area (Å²) in [5.74, 6) is 0.760. The van der Waals surface area contributed by atoms with Gasteiger partial charge in [0.25, 0.3) is 0 Å². The molecule has 0 aromatic heterocycles. The van der Waals surface area contributed by atoms with Crippen molar-refractivity contribution in [2.75, 3.05) is 0 Å². The van der Waals surface area contributed by atoms with Gasteiger partial charge in [0, 0.05) is 16.3 Å². The summed E-state index contributed by atoms with van der Waals surface area (Å²) in [6.07, 6.45) is 4.84. The fourth-order valence-corrected chi connectivity index (χ4v) is 7.40. The van der Waals surface area contributed by atoms with E-state index in [-0.39, 0.29) is 5.41 Å². The molecule has 2 unspecified atom stereocenters. The van der Waals surface area contributed by atoms with Gasteiger partial charge in [-0.1, -0.05) is 126 Å². The van der Waals surface area contributed by atoms with E-state index < -0.39 is 0 Å². The Labute approximate surface area is 211 Å². The lowest BCUT2D eigenvalue weighted by Gasteiger charge is -2.41. The van der Waals surface area contributed by atoms with Gasteiger partial charge in [-0.25, -0.2) is 0 Å². The first-order valence-electron chi connectivity index (χ1n) is 12.1. The molecule has 0 fully saturated rings. The van der Waals surface area contributed by atoms with Gasteiger partial charge in [-0.2, -0.15) is 0 Å². The lowest BCUT2D eigenvalue weighted by atomic mass is 9.62. The molecule has 0 nitrogen and oxygen atoms in total. The van der Waals surface area contributed by atoms with E-state index in [1.54, 1.807) is 0 Å². The molecule has 2 aliphatic carbocycles. The van der Waals surface area contributed by atoms with Gasteiger partial charge >= 0.3 is 0 Å². The predicted molar refractivity (Wildman–Crippen MR) is 150 cm³/mol. The van der Waals surface area contributed by atoms with Gasteiger partial charge in [-0.15, -0.1) is 0 Å². The van der Waals surface area contributed by atoms with Gasteiger partial charge in [0.2, 0.25) is 0 Å². The maximum atomic E-state index is 3.79. The van der Waals surface area contributed by atoms with Crippen LogP contribution >= 0.6 is 15.9 Å². The Morgan fingerprint density at radius 1 is 0.618 bits per heavy atom. The van der Waals surface area contributed by atoms with Crippen LogP contribution in [0.5, 0.6) is 0 Å². The van der Waals surface area contributed by atoms with E-state index in [0.29, 0.717) is 11.8 Å². The number of hydrogen-bond acceptors (Lipinski definition) is 0. The van der Waals surface area contributed by atoms with Gasteiger partial charge in [0.05, 0.1) is 0 Å². The minimum atomic E-state index is 0.0375. The molecule has 4 aromatic rings. The summed E-state index contributed by atoms with van der Waals surface area (Å²) in [6, 6.07) is 29.0. The van der Waals surface area contributed by atoms with Gasteiger partial charge in [0.1, 0.15) is 0 Å². The number of benzene rings is 4. The smallest absolute Gasteiger partial charge is 0.0250 e. The van der Waals surface area contributed by atoms with E-state index in [2.05, 4.69) is 135 Å². The molecule has 0 saturated heterocycles. The quantitative estimate of drug-likeness (QED) is 0.260. The summed E-state index contributed by atoms with van der Waals surface area (Å²) in [6.45, 7) is 9.56. The minimum absolute atomic E-state index is 0.0375. The molecule has 0 spiro atoms. The summed E-state index contributed by atoms with van der Waals surface area (Å²) in [4.78, 5) is 0. The Morgan fingerprint density at radius 2 is 1.18 bits per heavy atom. The van der Waals surface area contributed by atoms with E-state index >= 15 is 0 Å². The molecule has 0 radical (unpaired) electrons. The number of hydrogen-bond donors (Lipinski definition) is 0. The fourth-order valence-electron chi connectivity index (χ4n) is 6.90. The summed E-state index contributed by atoms with van der Waals surface area (Å²) >= 11 is 3.79. The second-order valence-electron chi connectivity index (χ2n) is 10.5. The van der Waals surface area contributed by atoms with E-state index in [1.165, 1.54) is 59.8 Å². The molecule has 1 heteroatoms. The maximum absolute atomic E-state index is 3.79. The molecule has 2 aliphatic rings. The topological polar surface area (TPSA) is 0 Å². The third-order valence-corrected chi connectivity index (χ3v) is 8.76. The molecular formula is C33H29Br. The number of allylic oxidation sites excluding steroid dienone is 2. The number of fused-ring (bicyclic) bond motifs is 3. The molecule has 168 valence electrons. The Balaban J connectivity index is 1.50. The van der Waals surface area contributed by atoms with Crippen LogP contribution in [0, 0.1) is 5.41 Å². The van der Waals surface area contributed by atoms with Gasteiger partial charge in [-0.05, 0) is 69.5 Å². The molecule has 0 aliphatic heterocycles. The van der Waals surface area contributed by atoms with E-state index in [4.69, 9.17) is 0 Å². The average Bonchev–Trinajstić information content (AvgIpc) is 3.36. The van der Waals surface area contributed by atoms with Crippen molar-refractivity contribution in [3.63, 3.8) is 0 Å². The molecule has 0 bridgehead atoms. The largest absolute Gasteiger partial charge is 0.0646 e. The SMILES string of the molecule is CC1=Cc2c(Br)cccc2C1C(C)(C)C1C(C)=Cc2c(-c3cccc4ccccc34)cccc21. The second-order valence-corrected chi connectivity index (χ2v) is 11.4. The Bertz CT molecular complexity index is 1510. The molecule has 4 aromatic carbocycles. The molecule has 2 atom stereocenters. The van der Waals surface area contributed by atoms with Gasteiger partial charge in [0.15, 0.2) is 0 Å². The first-order chi connectivity index (χ1) is 16.4. The van der Waals surface area contributed by atoms with Crippen LogP contribution in [0.1, 0.15) is 61.8 Å². The van der Waals surface area contributed by atoms with Gasteiger partial charge < -0.3 is 0 Å². The van der Waals surface area contributed by atoms with Crippen molar-refractivity contribution in [3.05, 3.63) is 117 Å². The molecule has 0 N–H and O–H groups in total. The first kappa shape index (κ1) is 21.6. The lowest BCUT2D eigenvalue weighted by molar-refractivity contribution is 0.275. The summed E-state index contributed by atoms with van der Waals surface area (Å²) < 4.78 is 1.19. The van der Waals surface area contributed by atoms with E-state index in [1.807, 2.05) is 0 Å². The van der Waals surface area contributed by atoms with E-state index in [0.717, 1.165) is 0 Å². The minimum Gasteiger partial charge on any atom is -0.0646 e. The third kappa shape index (κ3) is 3.10. The van der Waals surface area contributed by atoms with Crippen LogP contribution in [0.3, 0.4) is 0 Å². The van der Waals surface area contributed by atoms with Crippen molar-refractivity contribution in [2.24, 2.45) is 5.41 Å². The summed E-state index contributed by atoms with van der Waals surface area (Å²) in [5, 5.41) is 2.61. The van der Waals surface area contributed by atoms with Crippen LogP contribution in [-0.4, -0.2) is 0 Å². The van der Waals surface area contributed by atoms with Crippen LogP contribution < -0.4 is 0 Å². The highest BCUT2D eigenvalue weighted by molar-refractivity contribution is 9.10. The molecule has 0 amide bonds. The van der Waals surface area contributed by atoms with Crippen molar-refractivity contribution in [3.8, 4) is 11.1 Å². The van der Waals surface area contributed by atoms with Crippen molar-refractivity contribution in [2.45, 2.75) is 39.5 Å². The lowest BCUT2D eigenvalue weighted by Crippen LogP contribution is -2.29. The zero-order valence-corrected chi connectivity index (χ0v) is 21.8. The number of halogens is 1. The van der Waals surface area contributed by atoms with Crippen molar-refractivity contribution < 1.29 is 0 Å². The van der Waals surface area contributed by atoms with Crippen LogP contribution in [0.25, 0.3) is 34.1 Å². The van der Waals surface area contributed by atoms with Crippen molar-refractivity contribution in [1.82, 2.24) is 0 Å². The molecule has 6 rings (SSSR count). The predicted octanol–water partition coefficient (Wildman–Crippen LogP) is 10.00. The van der Waals surface area contributed by atoms with Crippen molar-refractivity contribution in [1.29, 1.82) is 0 Å². The standard InChI is InChI=1S/C33H29Br/c1-20-18-28-25(24-13-7-11-22-10-5-6-12-23(22)24)14-8-15-26(28)31(20)33(3,4)32-21(2)19-29-27(32)16-9-17-30(29)34/h5-19,31-32H,1-4H3. The monoisotopic (exact) mass is 504 g/mol. The van der Waals surface area contributed by atoms with Crippen LogP contribution in [0.2, 0.25) is 0 Å². The Morgan fingerprint density at radius 3 is 1.94 bits per heavy atom. The van der Waals surface area contributed by atoms with Crippen LogP contribution in [-0.2, 0) is 0 Å². The Kier molecular flexibility index (Phi) is 4.97. The van der Waals surface area contributed by atoms with Crippen LogP contribution in [0.4, 0.5) is 0 Å². The highest BCUT2D eigenvalue weighted by Crippen LogP contribution is 2.59. The fraction of sp³-hybridized carbons (Fsp3) is 0.212. The van der Waals surface area contributed by atoms with Crippen LogP contribution in [0.15, 0.2) is 94.5 Å². The maximum Gasteiger partial charge on any atom is 0.0250 e. The average molecular weight is 505 g/mol. The highest BCUT2D eigenvalue weighted by atomic mass is 79.9. The number of rotatable bonds is 3. The second kappa shape index (κ2) is 7.82. The van der Waals surface area contributed by atoms with Gasteiger partial charge in [-0.3, -0.25) is 0 Å². The molecule has 0 heterocycles. The summed E-state index contributed by atoms with van der Waals surface area (Å²) in [7, 11) is 0. The summed E-state index contributed by atoms with van der Waals surface area (Å²) in [5.41, 5.74) is 11.3. The molecule has 34 heavy (non-hydrogen) atoms. The third-order valence-electron chi connectivity index (χ3n) is 8.07. The molecular weight excluding hydrogens is 476 g/mol. The zero-order valence-electron chi connectivity index (χ0n) is 20.2. The highest BCUT2D eigenvalue weighted by Gasteiger charge is 2.45. The first-order valence-corrected chi connectivity index (χ1v) is 12.9.